The van der Waals surface area contributed by atoms with Gasteiger partial charge >= 0.3 is 0 Å². The highest BCUT2D eigenvalue weighted by molar-refractivity contribution is 7.91. The topological polar surface area (TPSA) is 143 Å². The Hall–Kier alpha value is -3.54. The number of rotatable bonds is 5. The van der Waals surface area contributed by atoms with E-state index in [2.05, 4.69) is 15.1 Å². The second-order valence-electron chi connectivity index (χ2n) is 6.81. The number of nitrogens with zero attached hydrogens (tertiary/aromatic N) is 4. The molecule has 4 N–H and O–H groups in total. The lowest BCUT2D eigenvalue weighted by Gasteiger charge is -2.08. The fraction of sp³-hybridized carbons (Fsp3) is 0.0500. The summed E-state index contributed by atoms with van der Waals surface area (Å²) in [6, 6.07) is 12.9. The molecule has 0 atom stereocenters. The van der Waals surface area contributed by atoms with Crippen molar-refractivity contribution in [3.63, 3.8) is 0 Å². The predicted octanol–water partition coefficient (Wildman–Crippen LogP) is 3.09. The van der Waals surface area contributed by atoms with Crippen LogP contribution >= 0.6 is 11.3 Å². The molecule has 9 nitrogen and oxygen atoms in total. The van der Waals surface area contributed by atoms with Crippen LogP contribution in [0.3, 0.4) is 0 Å². The first-order valence-corrected chi connectivity index (χ1v) is 11.6. The monoisotopic (exact) mass is 452 g/mol. The highest BCUT2D eigenvalue weighted by Crippen LogP contribution is 2.32. The van der Waals surface area contributed by atoms with Crippen molar-refractivity contribution in [2.24, 2.45) is 5.14 Å². The molecular formula is C20H16N6O3S2. The Labute approximate surface area is 181 Å². The van der Waals surface area contributed by atoms with Crippen LogP contribution in [0.5, 0.6) is 0 Å². The van der Waals surface area contributed by atoms with E-state index in [4.69, 9.17) is 15.3 Å². The van der Waals surface area contributed by atoms with Crippen LogP contribution < -0.4 is 10.9 Å². The zero-order chi connectivity index (χ0) is 21.6. The number of benzene rings is 1. The van der Waals surface area contributed by atoms with Crippen molar-refractivity contribution in [3.8, 4) is 22.6 Å². The van der Waals surface area contributed by atoms with Gasteiger partial charge in [0, 0.05) is 5.56 Å². The first-order chi connectivity index (χ1) is 14.9. The summed E-state index contributed by atoms with van der Waals surface area (Å²) in [5, 5.41) is 12.2. The number of primary sulfonamides is 1. The molecule has 31 heavy (non-hydrogen) atoms. The van der Waals surface area contributed by atoms with Gasteiger partial charge in [0.15, 0.2) is 11.4 Å². The number of nitrogen functional groups attached to an aromatic ring is 1. The van der Waals surface area contributed by atoms with Gasteiger partial charge in [-0.2, -0.15) is 10.1 Å². The van der Waals surface area contributed by atoms with Gasteiger partial charge in [-0.25, -0.2) is 23.2 Å². The molecule has 0 unspecified atom stereocenters. The first kappa shape index (κ1) is 19.4. The third-order valence-electron chi connectivity index (χ3n) is 4.73. The molecular weight excluding hydrogens is 436 g/mol. The molecule has 156 valence electrons. The van der Waals surface area contributed by atoms with Crippen LogP contribution in [0.2, 0.25) is 0 Å². The Morgan fingerprint density at radius 2 is 2.00 bits per heavy atom. The van der Waals surface area contributed by atoms with Crippen molar-refractivity contribution < 1.29 is 12.8 Å². The van der Waals surface area contributed by atoms with E-state index in [1.54, 1.807) is 40.7 Å². The van der Waals surface area contributed by atoms with Crippen LogP contribution in [0.15, 0.2) is 68.9 Å². The van der Waals surface area contributed by atoms with E-state index >= 15 is 0 Å². The Balaban J connectivity index is 1.55. The summed E-state index contributed by atoms with van der Waals surface area (Å²) in [5.74, 6) is 0.694. The Morgan fingerprint density at radius 1 is 1.13 bits per heavy atom. The number of furan rings is 1. The van der Waals surface area contributed by atoms with E-state index in [-0.39, 0.29) is 10.2 Å². The number of hydrogen-bond acceptors (Lipinski definition) is 8. The molecule has 0 radical (unpaired) electrons. The van der Waals surface area contributed by atoms with E-state index in [1.165, 1.54) is 0 Å². The quantitative estimate of drug-likeness (QED) is 0.417. The summed E-state index contributed by atoms with van der Waals surface area (Å²) >= 11 is 1.10. The molecule has 0 saturated heterocycles. The van der Waals surface area contributed by atoms with E-state index in [1.807, 2.05) is 24.3 Å². The van der Waals surface area contributed by atoms with Crippen molar-refractivity contribution in [1.29, 1.82) is 0 Å². The highest BCUT2D eigenvalue weighted by Gasteiger charge is 2.18. The lowest BCUT2D eigenvalue weighted by Crippen LogP contribution is -2.11. The van der Waals surface area contributed by atoms with Crippen LogP contribution in [0, 0.1) is 0 Å². The maximum absolute atomic E-state index is 11.9. The Bertz CT molecular complexity index is 1500. The third kappa shape index (κ3) is 3.58. The number of sulfonamides is 1. The van der Waals surface area contributed by atoms with Gasteiger partial charge in [-0.3, -0.25) is 0 Å². The fourth-order valence-corrected chi connectivity index (χ4v) is 5.27. The molecule has 0 amide bonds. The summed E-state index contributed by atoms with van der Waals surface area (Å²) in [6.45, 7) is 0.403. The number of anilines is 1. The fourth-order valence-electron chi connectivity index (χ4n) is 3.43. The number of aromatic nitrogens is 4. The van der Waals surface area contributed by atoms with Crippen LogP contribution in [0.1, 0.15) is 5.56 Å². The highest BCUT2D eigenvalue weighted by atomic mass is 32.2. The maximum atomic E-state index is 11.9. The van der Waals surface area contributed by atoms with E-state index in [9.17, 15) is 8.42 Å². The van der Waals surface area contributed by atoms with Crippen molar-refractivity contribution in [2.45, 2.75) is 10.8 Å². The second kappa shape index (κ2) is 7.30. The molecule has 5 rings (SSSR count). The van der Waals surface area contributed by atoms with Gasteiger partial charge in [0.25, 0.3) is 0 Å². The van der Waals surface area contributed by atoms with Gasteiger partial charge in [0.2, 0.25) is 16.0 Å². The van der Waals surface area contributed by atoms with Gasteiger partial charge in [-0.1, -0.05) is 18.2 Å². The summed E-state index contributed by atoms with van der Waals surface area (Å²) in [5.41, 5.74) is 9.31. The molecule has 0 aliphatic carbocycles. The minimum absolute atomic E-state index is 0.116. The van der Waals surface area contributed by atoms with Gasteiger partial charge in [0.05, 0.1) is 24.4 Å². The zero-order valence-corrected chi connectivity index (χ0v) is 17.6. The summed E-state index contributed by atoms with van der Waals surface area (Å²) in [4.78, 5) is 8.65. The lowest BCUT2D eigenvalue weighted by atomic mass is 10.1. The van der Waals surface area contributed by atoms with Crippen molar-refractivity contribution in [3.05, 3.63) is 65.9 Å². The summed E-state index contributed by atoms with van der Waals surface area (Å²) < 4.78 is 31.1. The normalized spacial score (nSPS) is 11.9. The molecule has 0 bridgehead atoms. The maximum Gasteiger partial charge on any atom is 0.248 e. The average molecular weight is 453 g/mol. The molecule has 5 aromatic rings. The van der Waals surface area contributed by atoms with Crippen LogP contribution in [0.25, 0.3) is 33.6 Å². The van der Waals surface area contributed by atoms with E-state index in [0.717, 1.165) is 27.8 Å². The molecule has 11 heteroatoms. The number of fused-ring (bicyclic) bond motifs is 1. The van der Waals surface area contributed by atoms with Crippen molar-refractivity contribution in [1.82, 2.24) is 19.7 Å². The van der Waals surface area contributed by atoms with Crippen LogP contribution in [-0.4, -0.2) is 28.2 Å². The second-order valence-corrected chi connectivity index (χ2v) is 9.49. The number of nitrogens with two attached hydrogens (primary N) is 2. The first-order valence-electron chi connectivity index (χ1n) is 9.12. The van der Waals surface area contributed by atoms with Crippen LogP contribution in [-0.2, 0) is 16.6 Å². The van der Waals surface area contributed by atoms with Crippen LogP contribution in [0.4, 0.5) is 5.95 Å². The summed E-state index contributed by atoms with van der Waals surface area (Å²) in [7, 11) is -3.80. The minimum Gasteiger partial charge on any atom is -0.463 e. The average Bonchev–Trinajstić information content (AvgIpc) is 3.48. The molecule has 4 aromatic heterocycles. The SMILES string of the molecule is Nc1nc(-c2ccco2)c2cnn(Cc3cccc(-c4ccsc4S(N)(=O)=O)c3)c2n1. The Morgan fingerprint density at radius 3 is 2.77 bits per heavy atom. The minimum atomic E-state index is -3.80. The number of hydrogen-bond donors (Lipinski definition) is 2. The lowest BCUT2D eigenvalue weighted by molar-refractivity contribution is 0.580. The Kier molecular flexibility index (Phi) is 4.58. The van der Waals surface area contributed by atoms with Crippen molar-refractivity contribution in [2.75, 3.05) is 5.73 Å². The van der Waals surface area contributed by atoms with E-state index in [0.29, 0.717) is 29.2 Å². The van der Waals surface area contributed by atoms with Gasteiger partial charge in [0.1, 0.15) is 9.90 Å². The molecule has 0 saturated carbocycles. The van der Waals surface area contributed by atoms with E-state index < -0.39 is 10.0 Å². The molecule has 0 aliphatic heterocycles. The zero-order valence-electron chi connectivity index (χ0n) is 16.0. The smallest absolute Gasteiger partial charge is 0.248 e. The van der Waals surface area contributed by atoms with Crippen molar-refractivity contribution >= 4 is 38.3 Å². The third-order valence-corrected chi connectivity index (χ3v) is 7.16. The summed E-state index contributed by atoms with van der Waals surface area (Å²) in [6.07, 6.45) is 3.24. The van der Waals surface area contributed by atoms with Gasteiger partial charge in [-0.05, 0) is 40.8 Å². The molecule has 0 spiro atoms. The standard InChI is InChI=1S/C20H16N6O3S2/c21-20-24-17(16-5-2-7-29-16)15-10-23-26(18(15)25-20)11-12-3-1-4-13(9-12)14-6-8-30-19(14)31(22,27)28/h1-10H,11H2,(H2,21,24,25)(H2,22,27,28). The molecule has 0 aliphatic rings. The number of thiophene rings is 1. The molecule has 0 fully saturated rings. The molecule has 4 heterocycles. The molecule has 1 aromatic carbocycles. The largest absolute Gasteiger partial charge is 0.463 e. The van der Waals surface area contributed by atoms with Gasteiger partial charge < -0.3 is 10.2 Å². The predicted molar refractivity (Wildman–Crippen MR) is 118 cm³/mol. The van der Waals surface area contributed by atoms with Gasteiger partial charge in [-0.15, -0.1) is 11.3 Å².